The number of aromatic hydroxyl groups is 1. The second-order valence-corrected chi connectivity index (χ2v) is 6.63. The number of nitro benzene ring substituents is 1. The molecule has 2 fully saturated rings. The van der Waals surface area contributed by atoms with Crippen LogP contribution in [0.25, 0.3) is 0 Å². The normalized spacial score (nSPS) is 32.5. The monoisotopic (exact) mass is 306 g/mol. The average Bonchev–Trinajstić information content (AvgIpc) is 2.48. The Bertz CT molecular complexity index is 592. The fourth-order valence-corrected chi connectivity index (χ4v) is 4.17. The molecule has 2 N–H and O–H groups in total. The molecule has 2 aliphatic rings. The molecule has 1 aliphatic carbocycles. The molecule has 0 bridgehead atoms. The molecule has 0 radical (unpaired) electrons. The summed E-state index contributed by atoms with van der Waals surface area (Å²) in [6.45, 7) is 0.722. The molecule has 1 aromatic carbocycles. The van der Waals surface area contributed by atoms with Crippen molar-refractivity contribution in [1.29, 1.82) is 0 Å². The van der Waals surface area contributed by atoms with E-state index in [9.17, 15) is 20.3 Å². The van der Waals surface area contributed by atoms with Crippen molar-refractivity contribution in [3.8, 4) is 5.75 Å². The van der Waals surface area contributed by atoms with E-state index in [4.69, 9.17) is 0 Å². The Labute approximate surface area is 129 Å². The van der Waals surface area contributed by atoms with E-state index in [-0.39, 0.29) is 23.4 Å². The van der Waals surface area contributed by atoms with Crippen LogP contribution in [0.1, 0.15) is 43.7 Å². The van der Waals surface area contributed by atoms with Gasteiger partial charge in [-0.15, -0.1) is 0 Å². The van der Waals surface area contributed by atoms with Crippen LogP contribution in [0.4, 0.5) is 5.69 Å². The molecular formula is C16H22N2O4. The SMILES string of the molecule is CN1CCC2(O)CCCCC2C1c1cc([N+](=O)[O-])ccc1O. The lowest BCUT2D eigenvalue weighted by Gasteiger charge is -2.51. The molecule has 3 unspecified atom stereocenters. The zero-order valence-electron chi connectivity index (χ0n) is 12.7. The Hall–Kier alpha value is -1.66. The average molecular weight is 306 g/mol. The number of fused-ring (bicyclic) bond motifs is 1. The smallest absolute Gasteiger partial charge is 0.270 e. The number of nitrogens with zero attached hydrogens (tertiary/aromatic N) is 2. The Morgan fingerprint density at radius 3 is 2.86 bits per heavy atom. The van der Waals surface area contributed by atoms with Gasteiger partial charge in [0, 0.05) is 36.2 Å². The minimum absolute atomic E-state index is 0.00732. The van der Waals surface area contributed by atoms with Crippen molar-refractivity contribution in [2.24, 2.45) is 5.92 Å². The van der Waals surface area contributed by atoms with Crippen molar-refractivity contribution in [3.05, 3.63) is 33.9 Å². The van der Waals surface area contributed by atoms with Crippen LogP contribution in [0.3, 0.4) is 0 Å². The molecule has 1 aromatic rings. The third-order valence-electron chi connectivity index (χ3n) is 5.36. The number of non-ortho nitro benzene ring substituents is 1. The van der Waals surface area contributed by atoms with Gasteiger partial charge in [-0.05, 0) is 32.4 Å². The lowest BCUT2D eigenvalue weighted by molar-refractivity contribution is -0.385. The summed E-state index contributed by atoms with van der Waals surface area (Å²) in [5, 5.41) is 32.2. The van der Waals surface area contributed by atoms with Gasteiger partial charge in [-0.1, -0.05) is 12.8 Å². The molecule has 0 spiro atoms. The summed E-state index contributed by atoms with van der Waals surface area (Å²) in [6.07, 6.45) is 4.45. The van der Waals surface area contributed by atoms with E-state index in [0.717, 1.165) is 38.6 Å². The van der Waals surface area contributed by atoms with Crippen LogP contribution < -0.4 is 0 Å². The van der Waals surface area contributed by atoms with Crippen molar-refractivity contribution in [2.75, 3.05) is 13.6 Å². The second-order valence-electron chi connectivity index (χ2n) is 6.63. The van der Waals surface area contributed by atoms with Gasteiger partial charge >= 0.3 is 0 Å². The van der Waals surface area contributed by atoms with Gasteiger partial charge in [0.25, 0.3) is 5.69 Å². The highest BCUT2D eigenvalue weighted by atomic mass is 16.6. The first kappa shape index (κ1) is 15.2. The largest absolute Gasteiger partial charge is 0.508 e. The number of phenols is 1. The summed E-state index contributed by atoms with van der Waals surface area (Å²) in [5.41, 5.74) is -0.181. The standard InChI is InChI=1S/C16H22N2O4/c1-17-9-8-16(20)7-3-2-4-13(16)15(17)12-10-11(18(21)22)5-6-14(12)19/h5-6,10,13,15,19-20H,2-4,7-9H2,1H3. The summed E-state index contributed by atoms with van der Waals surface area (Å²) in [5.74, 6) is 0.0742. The first-order valence-corrected chi connectivity index (χ1v) is 7.82. The molecule has 0 amide bonds. The lowest BCUT2D eigenvalue weighted by atomic mass is 9.66. The van der Waals surface area contributed by atoms with Crippen LogP contribution >= 0.6 is 0 Å². The van der Waals surface area contributed by atoms with Crippen LogP contribution in [-0.2, 0) is 0 Å². The van der Waals surface area contributed by atoms with E-state index >= 15 is 0 Å². The lowest BCUT2D eigenvalue weighted by Crippen LogP contribution is -2.53. The third kappa shape index (κ3) is 2.46. The maximum atomic E-state index is 11.0. The zero-order valence-corrected chi connectivity index (χ0v) is 12.7. The van der Waals surface area contributed by atoms with E-state index in [1.165, 1.54) is 18.2 Å². The molecule has 120 valence electrons. The van der Waals surface area contributed by atoms with Gasteiger partial charge in [-0.3, -0.25) is 15.0 Å². The van der Waals surface area contributed by atoms with Crippen molar-refractivity contribution in [2.45, 2.75) is 43.7 Å². The quantitative estimate of drug-likeness (QED) is 0.648. The predicted octanol–water partition coefficient (Wildman–Crippen LogP) is 2.60. The molecule has 22 heavy (non-hydrogen) atoms. The number of aliphatic hydroxyl groups is 1. The topological polar surface area (TPSA) is 86.8 Å². The summed E-state index contributed by atoms with van der Waals surface area (Å²) < 4.78 is 0. The van der Waals surface area contributed by atoms with Gasteiger partial charge in [0.2, 0.25) is 0 Å². The van der Waals surface area contributed by atoms with Crippen LogP contribution in [0.15, 0.2) is 18.2 Å². The minimum Gasteiger partial charge on any atom is -0.508 e. The number of likely N-dealkylation sites (tertiary alicyclic amines) is 1. The molecular weight excluding hydrogens is 284 g/mol. The molecule has 6 heteroatoms. The molecule has 6 nitrogen and oxygen atoms in total. The Balaban J connectivity index is 2.04. The first-order chi connectivity index (χ1) is 10.4. The van der Waals surface area contributed by atoms with Crippen molar-refractivity contribution < 1.29 is 15.1 Å². The maximum Gasteiger partial charge on any atom is 0.270 e. The molecule has 1 saturated carbocycles. The Morgan fingerprint density at radius 1 is 1.36 bits per heavy atom. The third-order valence-corrected chi connectivity index (χ3v) is 5.36. The van der Waals surface area contributed by atoms with E-state index in [1.807, 2.05) is 7.05 Å². The van der Waals surface area contributed by atoms with Gasteiger partial charge < -0.3 is 10.2 Å². The van der Waals surface area contributed by atoms with Crippen LogP contribution in [0.5, 0.6) is 5.75 Å². The highest BCUT2D eigenvalue weighted by Crippen LogP contribution is 2.50. The fraction of sp³-hybridized carbons (Fsp3) is 0.625. The number of nitro groups is 1. The number of benzene rings is 1. The van der Waals surface area contributed by atoms with Crippen LogP contribution in [-0.4, -0.2) is 39.2 Å². The Kier molecular flexibility index (Phi) is 3.82. The summed E-state index contributed by atoms with van der Waals surface area (Å²) in [4.78, 5) is 12.7. The zero-order chi connectivity index (χ0) is 15.9. The van der Waals surface area contributed by atoms with Gasteiger partial charge in [-0.2, -0.15) is 0 Å². The van der Waals surface area contributed by atoms with Gasteiger partial charge in [0.15, 0.2) is 0 Å². The van der Waals surface area contributed by atoms with Crippen LogP contribution in [0.2, 0.25) is 0 Å². The molecule has 3 atom stereocenters. The van der Waals surface area contributed by atoms with E-state index < -0.39 is 10.5 Å². The molecule has 1 saturated heterocycles. The number of rotatable bonds is 2. The number of hydrogen-bond donors (Lipinski definition) is 2. The van der Waals surface area contributed by atoms with Crippen LogP contribution in [0, 0.1) is 16.0 Å². The van der Waals surface area contributed by atoms with Gasteiger partial charge in [0.1, 0.15) is 5.75 Å². The first-order valence-electron chi connectivity index (χ1n) is 7.82. The fourth-order valence-electron chi connectivity index (χ4n) is 4.17. The van der Waals surface area contributed by atoms with E-state index in [0.29, 0.717) is 5.56 Å². The highest BCUT2D eigenvalue weighted by molar-refractivity contribution is 5.45. The predicted molar refractivity (Wildman–Crippen MR) is 81.7 cm³/mol. The summed E-state index contributed by atoms with van der Waals surface area (Å²) >= 11 is 0. The van der Waals surface area contributed by atoms with Gasteiger partial charge in [-0.25, -0.2) is 0 Å². The van der Waals surface area contributed by atoms with E-state index in [2.05, 4.69) is 4.90 Å². The van der Waals surface area contributed by atoms with Crippen molar-refractivity contribution >= 4 is 5.69 Å². The number of piperidine rings is 1. The number of phenolic OH excluding ortho intramolecular Hbond substituents is 1. The molecule has 1 aliphatic heterocycles. The highest BCUT2D eigenvalue weighted by Gasteiger charge is 2.48. The maximum absolute atomic E-state index is 11.0. The van der Waals surface area contributed by atoms with E-state index in [1.54, 1.807) is 0 Å². The minimum atomic E-state index is -0.716. The molecule has 1 heterocycles. The molecule has 3 rings (SSSR count). The van der Waals surface area contributed by atoms with Gasteiger partial charge in [0.05, 0.1) is 10.5 Å². The van der Waals surface area contributed by atoms with Crippen molar-refractivity contribution in [1.82, 2.24) is 4.90 Å². The second kappa shape index (κ2) is 5.52. The Morgan fingerprint density at radius 2 is 2.14 bits per heavy atom. The summed E-state index contributed by atoms with van der Waals surface area (Å²) in [6, 6.07) is 3.97. The number of hydrogen-bond acceptors (Lipinski definition) is 5. The summed E-state index contributed by atoms with van der Waals surface area (Å²) in [7, 11) is 1.96. The van der Waals surface area contributed by atoms with Crippen molar-refractivity contribution in [3.63, 3.8) is 0 Å². The molecule has 0 aromatic heterocycles.